The molecule has 3 aromatic carbocycles. The number of hydrogen-bond acceptors (Lipinski definition) is 7. The topological polar surface area (TPSA) is 94.2 Å². The molecular weight excluding hydrogens is 551 g/mol. The Morgan fingerprint density at radius 3 is 2.45 bits per heavy atom. The van der Waals surface area contributed by atoms with E-state index in [9.17, 15) is 14.4 Å². The van der Waals surface area contributed by atoms with E-state index in [2.05, 4.69) is 5.32 Å². The fourth-order valence-corrected chi connectivity index (χ4v) is 4.74. The summed E-state index contributed by atoms with van der Waals surface area (Å²) < 4.78 is 16.3. The minimum absolute atomic E-state index is 0.0753. The van der Waals surface area contributed by atoms with Gasteiger partial charge in [-0.15, -0.1) is 0 Å². The van der Waals surface area contributed by atoms with Crippen molar-refractivity contribution in [1.29, 1.82) is 0 Å². The van der Waals surface area contributed by atoms with Gasteiger partial charge in [-0.25, -0.2) is 0 Å². The van der Waals surface area contributed by atoms with Crippen LogP contribution in [0, 0.1) is 0 Å². The lowest BCUT2D eigenvalue weighted by molar-refractivity contribution is -0.123. The lowest BCUT2D eigenvalue weighted by Crippen LogP contribution is -2.27. The van der Waals surface area contributed by atoms with Crippen LogP contribution in [0.2, 0.25) is 10.0 Å². The fourth-order valence-electron chi connectivity index (χ4n) is 3.58. The van der Waals surface area contributed by atoms with E-state index in [1.807, 2.05) is 0 Å². The number of anilines is 1. The van der Waals surface area contributed by atoms with Crippen LogP contribution < -0.4 is 19.5 Å². The maximum Gasteiger partial charge on any atom is 0.293 e. The average molecular weight is 573 g/mol. The second kappa shape index (κ2) is 12.3. The monoisotopic (exact) mass is 572 g/mol. The Hall–Kier alpha value is -3.66. The number of rotatable bonds is 9. The van der Waals surface area contributed by atoms with Gasteiger partial charge in [-0.2, -0.15) is 0 Å². The number of carbonyl (C=O) groups is 3. The zero-order chi connectivity index (χ0) is 27.2. The van der Waals surface area contributed by atoms with Crippen LogP contribution in [0.3, 0.4) is 0 Å². The summed E-state index contributed by atoms with van der Waals surface area (Å²) in [7, 11) is 2.98. The van der Waals surface area contributed by atoms with Gasteiger partial charge in [0.15, 0.2) is 18.1 Å². The molecule has 1 aliphatic heterocycles. The van der Waals surface area contributed by atoms with Crippen LogP contribution in [0.25, 0.3) is 6.08 Å². The molecule has 1 heterocycles. The summed E-state index contributed by atoms with van der Waals surface area (Å²) in [6, 6.07) is 17.0. The van der Waals surface area contributed by atoms with E-state index < -0.39 is 5.91 Å². The third-order valence-electron chi connectivity index (χ3n) is 5.42. The first-order valence-electron chi connectivity index (χ1n) is 11.2. The molecule has 0 saturated carbocycles. The molecule has 0 spiro atoms. The molecule has 0 bridgehead atoms. The largest absolute Gasteiger partial charge is 0.495 e. The van der Waals surface area contributed by atoms with E-state index in [-0.39, 0.29) is 29.2 Å². The molecule has 1 aliphatic rings. The van der Waals surface area contributed by atoms with E-state index in [1.165, 1.54) is 14.2 Å². The van der Waals surface area contributed by atoms with Gasteiger partial charge in [-0.1, -0.05) is 47.5 Å². The standard InChI is InChI=1S/C27H22Cl2N2O6S/c1-35-21-6-4-3-5-20(21)30-25(32)15-37-22-10-8-16(12-23(22)36-2)13-24-26(33)31(27(34)38-24)14-17-7-9-18(28)19(29)11-17/h3-13H,14-15H2,1-2H3,(H,30,32)/b24-13-. The van der Waals surface area contributed by atoms with E-state index in [0.717, 1.165) is 16.7 Å². The molecule has 1 fully saturated rings. The third-order valence-corrected chi connectivity index (χ3v) is 7.07. The van der Waals surface area contributed by atoms with Crippen LogP contribution in [0.4, 0.5) is 10.5 Å². The highest BCUT2D eigenvalue weighted by molar-refractivity contribution is 8.18. The molecule has 3 aromatic rings. The number of methoxy groups -OCH3 is 2. The summed E-state index contributed by atoms with van der Waals surface area (Å²) in [6.45, 7) is -0.187. The average Bonchev–Trinajstić information content (AvgIpc) is 3.17. The summed E-state index contributed by atoms with van der Waals surface area (Å²) in [5.74, 6) is 0.435. The van der Waals surface area contributed by atoms with Gasteiger partial charge in [0, 0.05) is 0 Å². The van der Waals surface area contributed by atoms with Crippen LogP contribution in [0.15, 0.2) is 65.6 Å². The maximum absolute atomic E-state index is 12.9. The Balaban J connectivity index is 1.42. The van der Waals surface area contributed by atoms with Crippen molar-refractivity contribution >= 4 is 63.8 Å². The summed E-state index contributed by atoms with van der Waals surface area (Å²) in [5, 5.41) is 3.08. The van der Waals surface area contributed by atoms with Crippen LogP contribution in [-0.2, 0) is 16.1 Å². The molecule has 4 rings (SSSR count). The number of nitrogens with one attached hydrogen (secondary N) is 1. The molecule has 0 aromatic heterocycles. The van der Waals surface area contributed by atoms with Gasteiger partial charge in [-0.3, -0.25) is 19.3 Å². The van der Waals surface area contributed by atoms with E-state index in [1.54, 1.807) is 66.7 Å². The second-order valence-corrected chi connectivity index (χ2v) is 9.77. The zero-order valence-electron chi connectivity index (χ0n) is 20.3. The lowest BCUT2D eigenvalue weighted by atomic mass is 10.1. The van der Waals surface area contributed by atoms with Gasteiger partial charge < -0.3 is 19.5 Å². The Kier molecular flexibility index (Phi) is 8.83. The van der Waals surface area contributed by atoms with Crippen LogP contribution in [0.5, 0.6) is 17.2 Å². The van der Waals surface area contributed by atoms with Gasteiger partial charge in [0.05, 0.1) is 41.4 Å². The SMILES string of the molecule is COc1ccccc1NC(=O)COc1ccc(/C=C2\SC(=O)N(Cc3ccc(Cl)c(Cl)c3)C2=O)cc1OC. The number of para-hydroxylation sites is 2. The lowest BCUT2D eigenvalue weighted by Gasteiger charge is -2.13. The van der Waals surface area contributed by atoms with Crippen molar-refractivity contribution in [2.24, 2.45) is 0 Å². The highest BCUT2D eigenvalue weighted by atomic mass is 35.5. The predicted molar refractivity (Wildman–Crippen MR) is 148 cm³/mol. The Labute approximate surface area is 233 Å². The van der Waals surface area contributed by atoms with Gasteiger partial charge >= 0.3 is 0 Å². The normalized spacial score (nSPS) is 14.1. The molecule has 3 amide bonds. The number of nitrogens with zero attached hydrogens (tertiary/aromatic N) is 1. The summed E-state index contributed by atoms with van der Waals surface area (Å²) in [6.07, 6.45) is 1.60. The number of halogens is 2. The molecular formula is C27H22Cl2N2O6S. The quantitative estimate of drug-likeness (QED) is 0.302. The van der Waals surface area contributed by atoms with E-state index >= 15 is 0 Å². The molecule has 1 saturated heterocycles. The first-order chi connectivity index (χ1) is 18.3. The highest BCUT2D eigenvalue weighted by Crippen LogP contribution is 2.36. The second-order valence-electron chi connectivity index (χ2n) is 7.96. The maximum atomic E-state index is 12.9. The number of thioether (sulfide) groups is 1. The van der Waals surface area contributed by atoms with E-state index in [0.29, 0.717) is 44.1 Å². The molecule has 38 heavy (non-hydrogen) atoms. The molecule has 0 unspecified atom stereocenters. The number of imide groups is 1. The van der Waals surface area contributed by atoms with Crippen molar-refractivity contribution in [2.75, 3.05) is 26.1 Å². The predicted octanol–water partition coefficient (Wildman–Crippen LogP) is 6.26. The van der Waals surface area contributed by atoms with Gasteiger partial charge in [0.1, 0.15) is 5.75 Å². The first-order valence-corrected chi connectivity index (χ1v) is 12.8. The summed E-state index contributed by atoms with van der Waals surface area (Å²) in [4.78, 5) is 39.2. The number of amides is 3. The molecule has 11 heteroatoms. The molecule has 196 valence electrons. The summed E-state index contributed by atoms with van der Waals surface area (Å²) in [5.41, 5.74) is 1.83. The van der Waals surface area contributed by atoms with Crippen LogP contribution in [-0.4, -0.2) is 42.8 Å². The Morgan fingerprint density at radius 1 is 0.947 bits per heavy atom. The van der Waals surface area contributed by atoms with Crippen molar-refractivity contribution in [2.45, 2.75) is 6.54 Å². The molecule has 0 atom stereocenters. The number of ether oxygens (including phenoxy) is 3. The summed E-state index contributed by atoms with van der Waals surface area (Å²) >= 11 is 12.8. The van der Waals surface area contributed by atoms with Crippen molar-refractivity contribution in [3.8, 4) is 17.2 Å². The van der Waals surface area contributed by atoms with Crippen LogP contribution in [0.1, 0.15) is 11.1 Å². The molecule has 0 aliphatic carbocycles. The Morgan fingerprint density at radius 2 is 1.71 bits per heavy atom. The minimum Gasteiger partial charge on any atom is -0.495 e. The van der Waals surface area contributed by atoms with E-state index in [4.69, 9.17) is 37.4 Å². The third kappa shape index (κ3) is 6.42. The van der Waals surface area contributed by atoms with Crippen molar-refractivity contribution in [1.82, 2.24) is 4.90 Å². The number of benzene rings is 3. The van der Waals surface area contributed by atoms with Gasteiger partial charge in [-0.05, 0) is 65.4 Å². The smallest absolute Gasteiger partial charge is 0.293 e. The molecule has 1 N–H and O–H groups in total. The zero-order valence-corrected chi connectivity index (χ0v) is 22.7. The Bertz CT molecular complexity index is 1430. The van der Waals surface area contributed by atoms with Crippen molar-refractivity contribution in [3.05, 3.63) is 86.7 Å². The highest BCUT2D eigenvalue weighted by Gasteiger charge is 2.35. The molecule has 8 nitrogen and oxygen atoms in total. The van der Waals surface area contributed by atoms with Crippen molar-refractivity contribution < 1.29 is 28.6 Å². The number of hydrogen-bond donors (Lipinski definition) is 1. The van der Waals surface area contributed by atoms with Gasteiger partial charge in [0.2, 0.25) is 0 Å². The molecule has 0 radical (unpaired) electrons. The van der Waals surface area contributed by atoms with Crippen LogP contribution >= 0.6 is 35.0 Å². The fraction of sp³-hybridized carbons (Fsp3) is 0.148. The first kappa shape index (κ1) is 27.4. The van der Waals surface area contributed by atoms with Crippen molar-refractivity contribution in [3.63, 3.8) is 0 Å². The number of carbonyl (C=O) groups excluding carboxylic acids is 3. The minimum atomic E-state index is -0.418. The van der Waals surface area contributed by atoms with Gasteiger partial charge in [0.25, 0.3) is 17.1 Å².